The van der Waals surface area contributed by atoms with Gasteiger partial charge >= 0.3 is 0 Å². The van der Waals surface area contributed by atoms with Gasteiger partial charge in [-0.2, -0.15) is 0 Å². The zero-order chi connectivity index (χ0) is 15.2. The van der Waals surface area contributed by atoms with E-state index in [1.165, 1.54) is 16.7 Å². The summed E-state index contributed by atoms with van der Waals surface area (Å²) in [5.41, 5.74) is 9.96. The molecule has 0 spiro atoms. The van der Waals surface area contributed by atoms with E-state index in [1.54, 1.807) is 14.2 Å². The molecule has 3 heteroatoms. The van der Waals surface area contributed by atoms with E-state index < -0.39 is 0 Å². The molecule has 2 N–H and O–H groups in total. The fourth-order valence-electron chi connectivity index (χ4n) is 2.46. The largest absolute Gasteiger partial charge is 0.497 e. The molecule has 0 aromatic heterocycles. The van der Waals surface area contributed by atoms with E-state index in [2.05, 4.69) is 25.1 Å². The Kier molecular flexibility index (Phi) is 5.23. The first-order valence-corrected chi connectivity index (χ1v) is 7.17. The van der Waals surface area contributed by atoms with Crippen LogP contribution in [-0.2, 0) is 6.42 Å². The molecule has 112 valence electrons. The van der Waals surface area contributed by atoms with Gasteiger partial charge in [-0.3, -0.25) is 0 Å². The van der Waals surface area contributed by atoms with E-state index >= 15 is 0 Å². The zero-order valence-corrected chi connectivity index (χ0v) is 12.9. The van der Waals surface area contributed by atoms with E-state index in [0.29, 0.717) is 0 Å². The Labute approximate surface area is 126 Å². The van der Waals surface area contributed by atoms with Crippen molar-refractivity contribution in [1.82, 2.24) is 0 Å². The summed E-state index contributed by atoms with van der Waals surface area (Å²) in [6.45, 7) is 2.07. The molecule has 0 fully saturated rings. The topological polar surface area (TPSA) is 44.5 Å². The van der Waals surface area contributed by atoms with Crippen LogP contribution in [0.1, 0.15) is 29.2 Å². The SMILES string of the molecule is COc1ccc(CCC(N)c2ccc(OC)cc2C)cc1. The summed E-state index contributed by atoms with van der Waals surface area (Å²) in [6.07, 6.45) is 1.87. The second kappa shape index (κ2) is 7.14. The average Bonchev–Trinajstić information content (AvgIpc) is 2.52. The molecule has 0 aliphatic heterocycles. The number of hydrogen-bond acceptors (Lipinski definition) is 3. The van der Waals surface area contributed by atoms with E-state index in [1.807, 2.05) is 24.3 Å². The van der Waals surface area contributed by atoms with Crippen LogP contribution in [0.2, 0.25) is 0 Å². The van der Waals surface area contributed by atoms with Gasteiger partial charge in [0.15, 0.2) is 0 Å². The Hall–Kier alpha value is -2.00. The van der Waals surface area contributed by atoms with Gasteiger partial charge in [0.2, 0.25) is 0 Å². The Morgan fingerprint density at radius 2 is 1.57 bits per heavy atom. The lowest BCUT2D eigenvalue weighted by molar-refractivity contribution is 0.414. The summed E-state index contributed by atoms with van der Waals surface area (Å²) in [7, 11) is 3.36. The third-order valence-electron chi connectivity index (χ3n) is 3.78. The van der Waals surface area contributed by atoms with Crippen LogP contribution in [-0.4, -0.2) is 14.2 Å². The summed E-state index contributed by atoms with van der Waals surface area (Å²) in [6, 6.07) is 14.3. The maximum atomic E-state index is 6.33. The fourth-order valence-corrected chi connectivity index (χ4v) is 2.46. The second-order valence-electron chi connectivity index (χ2n) is 5.22. The maximum absolute atomic E-state index is 6.33. The van der Waals surface area contributed by atoms with Gasteiger partial charge in [-0.15, -0.1) is 0 Å². The molecular formula is C18H23NO2. The summed E-state index contributed by atoms with van der Waals surface area (Å²) < 4.78 is 10.4. The van der Waals surface area contributed by atoms with Crippen LogP contribution in [0.5, 0.6) is 11.5 Å². The highest BCUT2D eigenvalue weighted by Crippen LogP contribution is 2.24. The molecule has 1 atom stereocenters. The molecule has 0 aliphatic rings. The minimum Gasteiger partial charge on any atom is -0.497 e. The number of benzene rings is 2. The molecule has 0 bridgehead atoms. The molecule has 2 aromatic carbocycles. The average molecular weight is 285 g/mol. The van der Waals surface area contributed by atoms with Gasteiger partial charge < -0.3 is 15.2 Å². The molecule has 2 rings (SSSR count). The van der Waals surface area contributed by atoms with Crippen LogP contribution in [0.4, 0.5) is 0 Å². The summed E-state index contributed by atoms with van der Waals surface area (Å²) in [4.78, 5) is 0. The molecule has 0 aliphatic carbocycles. The summed E-state index contributed by atoms with van der Waals surface area (Å²) in [5, 5.41) is 0. The van der Waals surface area contributed by atoms with Crippen molar-refractivity contribution >= 4 is 0 Å². The lowest BCUT2D eigenvalue weighted by Gasteiger charge is -2.15. The number of ether oxygens (including phenoxy) is 2. The standard InChI is InChI=1S/C18H23NO2/c1-13-12-16(21-3)9-10-17(13)18(19)11-6-14-4-7-15(20-2)8-5-14/h4-5,7-10,12,18H,6,11,19H2,1-3H3. The first kappa shape index (κ1) is 15.4. The van der Waals surface area contributed by atoms with Gasteiger partial charge in [-0.25, -0.2) is 0 Å². The van der Waals surface area contributed by atoms with Crippen molar-refractivity contribution in [2.75, 3.05) is 14.2 Å². The van der Waals surface area contributed by atoms with Crippen LogP contribution in [0.15, 0.2) is 42.5 Å². The van der Waals surface area contributed by atoms with Crippen molar-refractivity contribution in [1.29, 1.82) is 0 Å². The van der Waals surface area contributed by atoms with Crippen molar-refractivity contribution in [3.8, 4) is 11.5 Å². The van der Waals surface area contributed by atoms with Gasteiger partial charge in [-0.05, 0) is 60.7 Å². The van der Waals surface area contributed by atoms with Crippen molar-refractivity contribution in [2.24, 2.45) is 5.73 Å². The molecule has 2 aromatic rings. The maximum Gasteiger partial charge on any atom is 0.119 e. The monoisotopic (exact) mass is 285 g/mol. The highest BCUT2D eigenvalue weighted by Gasteiger charge is 2.10. The molecule has 0 saturated carbocycles. The lowest BCUT2D eigenvalue weighted by Crippen LogP contribution is -2.12. The molecule has 1 unspecified atom stereocenters. The van der Waals surface area contributed by atoms with E-state index in [-0.39, 0.29) is 6.04 Å². The Bertz CT molecular complexity index is 578. The first-order chi connectivity index (χ1) is 10.1. The Morgan fingerprint density at radius 3 is 2.14 bits per heavy atom. The minimum absolute atomic E-state index is 0.0398. The third-order valence-corrected chi connectivity index (χ3v) is 3.78. The number of hydrogen-bond donors (Lipinski definition) is 1. The van der Waals surface area contributed by atoms with E-state index in [9.17, 15) is 0 Å². The minimum atomic E-state index is 0.0398. The quantitative estimate of drug-likeness (QED) is 0.881. The zero-order valence-electron chi connectivity index (χ0n) is 12.9. The molecule has 0 saturated heterocycles. The summed E-state index contributed by atoms with van der Waals surface area (Å²) in [5.74, 6) is 1.76. The number of methoxy groups -OCH3 is 2. The van der Waals surface area contributed by atoms with E-state index in [4.69, 9.17) is 15.2 Å². The highest BCUT2D eigenvalue weighted by atomic mass is 16.5. The second-order valence-corrected chi connectivity index (χ2v) is 5.22. The van der Waals surface area contributed by atoms with Gasteiger partial charge in [0, 0.05) is 6.04 Å². The van der Waals surface area contributed by atoms with Crippen LogP contribution < -0.4 is 15.2 Å². The normalized spacial score (nSPS) is 12.0. The highest BCUT2D eigenvalue weighted by molar-refractivity contribution is 5.36. The molecule has 0 amide bonds. The van der Waals surface area contributed by atoms with Crippen LogP contribution in [0, 0.1) is 6.92 Å². The van der Waals surface area contributed by atoms with Crippen LogP contribution in [0.3, 0.4) is 0 Å². The summed E-state index contributed by atoms with van der Waals surface area (Å²) >= 11 is 0. The van der Waals surface area contributed by atoms with E-state index in [0.717, 1.165) is 24.3 Å². The molecule has 0 heterocycles. The molecule has 3 nitrogen and oxygen atoms in total. The van der Waals surface area contributed by atoms with Crippen LogP contribution >= 0.6 is 0 Å². The van der Waals surface area contributed by atoms with Gasteiger partial charge in [-0.1, -0.05) is 18.2 Å². The van der Waals surface area contributed by atoms with Crippen molar-refractivity contribution in [3.05, 3.63) is 59.2 Å². The van der Waals surface area contributed by atoms with Crippen molar-refractivity contribution in [3.63, 3.8) is 0 Å². The third kappa shape index (κ3) is 3.99. The van der Waals surface area contributed by atoms with Gasteiger partial charge in [0.1, 0.15) is 11.5 Å². The number of nitrogens with two attached hydrogens (primary N) is 1. The lowest BCUT2D eigenvalue weighted by atomic mass is 9.96. The van der Waals surface area contributed by atoms with Crippen LogP contribution in [0.25, 0.3) is 0 Å². The van der Waals surface area contributed by atoms with Crippen molar-refractivity contribution < 1.29 is 9.47 Å². The predicted molar refractivity (Wildman–Crippen MR) is 86.0 cm³/mol. The predicted octanol–water partition coefficient (Wildman–Crippen LogP) is 3.64. The first-order valence-electron chi connectivity index (χ1n) is 7.17. The number of rotatable bonds is 6. The molecule has 0 radical (unpaired) electrons. The smallest absolute Gasteiger partial charge is 0.119 e. The number of aryl methyl sites for hydroxylation is 2. The van der Waals surface area contributed by atoms with Gasteiger partial charge in [0.25, 0.3) is 0 Å². The molecular weight excluding hydrogens is 262 g/mol. The molecule has 21 heavy (non-hydrogen) atoms. The fraction of sp³-hybridized carbons (Fsp3) is 0.333. The van der Waals surface area contributed by atoms with Gasteiger partial charge in [0.05, 0.1) is 14.2 Å². The Balaban J connectivity index is 1.99. The van der Waals surface area contributed by atoms with Crippen molar-refractivity contribution in [2.45, 2.75) is 25.8 Å². The Morgan fingerprint density at radius 1 is 0.952 bits per heavy atom.